The highest BCUT2D eigenvalue weighted by Gasteiger charge is 2.07. The molecule has 0 fully saturated rings. The SMILES string of the molecule is CN(Cc1cccs1)C(=N)c1ccccc1. The van der Waals surface area contributed by atoms with E-state index in [0.29, 0.717) is 5.84 Å². The molecular formula is C13H14N2S. The summed E-state index contributed by atoms with van der Waals surface area (Å²) >= 11 is 1.73. The molecule has 0 spiro atoms. The van der Waals surface area contributed by atoms with Gasteiger partial charge in [-0.25, -0.2) is 0 Å². The van der Waals surface area contributed by atoms with Gasteiger partial charge in [0.2, 0.25) is 0 Å². The van der Waals surface area contributed by atoms with Crippen molar-refractivity contribution in [3.05, 3.63) is 58.3 Å². The number of nitrogens with one attached hydrogen (secondary N) is 1. The van der Waals surface area contributed by atoms with E-state index in [-0.39, 0.29) is 0 Å². The molecule has 2 rings (SSSR count). The fraction of sp³-hybridized carbons (Fsp3) is 0.154. The summed E-state index contributed by atoms with van der Waals surface area (Å²) in [6.07, 6.45) is 0. The van der Waals surface area contributed by atoms with Crippen LogP contribution in [-0.2, 0) is 6.54 Å². The highest BCUT2D eigenvalue weighted by Crippen LogP contribution is 2.12. The van der Waals surface area contributed by atoms with E-state index in [1.54, 1.807) is 11.3 Å². The van der Waals surface area contributed by atoms with Crippen LogP contribution in [0.1, 0.15) is 10.4 Å². The maximum absolute atomic E-state index is 8.07. The van der Waals surface area contributed by atoms with E-state index in [2.05, 4.69) is 11.4 Å². The van der Waals surface area contributed by atoms with Gasteiger partial charge in [0, 0.05) is 17.5 Å². The highest BCUT2D eigenvalue weighted by molar-refractivity contribution is 7.09. The van der Waals surface area contributed by atoms with E-state index >= 15 is 0 Å². The molecule has 2 aromatic rings. The third-order valence-corrected chi connectivity index (χ3v) is 3.26. The number of rotatable bonds is 3. The normalized spacial score (nSPS) is 10.1. The average molecular weight is 230 g/mol. The summed E-state index contributed by atoms with van der Waals surface area (Å²) < 4.78 is 0. The van der Waals surface area contributed by atoms with Crippen molar-refractivity contribution in [3.8, 4) is 0 Å². The molecule has 0 saturated heterocycles. The monoisotopic (exact) mass is 230 g/mol. The highest BCUT2D eigenvalue weighted by atomic mass is 32.1. The van der Waals surface area contributed by atoms with Crippen molar-refractivity contribution < 1.29 is 0 Å². The van der Waals surface area contributed by atoms with Crippen LogP contribution < -0.4 is 0 Å². The maximum Gasteiger partial charge on any atom is 0.128 e. The van der Waals surface area contributed by atoms with Crippen LogP contribution in [0.5, 0.6) is 0 Å². The number of hydrogen-bond acceptors (Lipinski definition) is 2. The number of nitrogens with zero attached hydrogens (tertiary/aromatic N) is 1. The summed E-state index contributed by atoms with van der Waals surface area (Å²) in [6.45, 7) is 0.797. The summed E-state index contributed by atoms with van der Waals surface area (Å²) in [7, 11) is 1.95. The van der Waals surface area contributed by atoms with Gasteiger partial charge in [0.1, 0.15) is 5.84 Å². The second-order valence-electron chi connectivity index (χ2n) is 3.65. The fourth-order valence-corrected chi connectivity index (χ4v) is 2.29. The standard InChI is InChI=1S/C13H14N2S/c1-15(10-12-8-5-9-16-12)13(14)11-6-3-2-4-7-11/h2-9,14H,10H2,1H3. The first-order chi connectivity index (χ1) is 7.77. The van der Waals surface area contributed by atoms with Gasteiger partial charge in [-0.1, -0.05) is 36.4 Å². The van der Waals surface area contributed by atoms with Crippen LogP contribution in [0, 0.1) is 5.41 Å². The van der Waals surface area contributed by atoms with Crippen molar-refractivity contribution in [1.29, 1.82) is 5.41 Å². The molecule has 1 aromatic heterocycles. The molecule has 0 aliphatic rings. The fourth-order valence-electron chi connectivity index (χ4n) is 1.53. The van der Waals surface area contributed by atoms with Gasteiger partial charge in [0.25, 0.3) is 0 Å². The van der Waals surface area contributed by atoms with E-state index < -0.39 is 0 Å². The molecule has 0 saturated carbocycles. The van der Waals surface area contributed by atoms with E-state index in [1.165, 1.54) is 4.88 Å². The Morgan fingerprint density at radius 1 is 1.19 bits per heavy atom. The molecule has 0 amide bonds. The van der Waals surface area contributed by atoms with E-state index in [0.717, 1.165) is 12.1 Å². The average Bonchev–Trinajstić information content (AvgIpc) is 2.82. The third kappa shape index (κ3) is 2.49. The number of hydrogen-bond donors (Lipinski definition) is 1. The zero-order valence-electron chi connectivity index (χ0n) is 9.18. The second kappa shape index (κ2) is 4.94. The van der Waals surface area contributed by atoms with Gasteiger partial charge in [-0.3, -0.25) is 5.41 Å². The predicted octanol–water partition coefficient (Wildman–Crippen LogP) is 3.21. The lowest BCUT2D eigenvalue weighted by Gasteiger charge is -2.19. The predicted molar refractivity (Wildman–Crippen MR) is 69.1 cm³/mol. The Morgan fingerprint density at radius 3 is 2.56 bits per heavy atom. The summed E-state index contributed by atoms with van der Waals surface area (Å²) in [5, 5.41) is 10.1. The van der Waals surface area contributed by atoms with Crippen molar-refractivity contribution in [1.82, 2.24) is 4.90 Å². The van der Waals surface area contributed by atoms with Crippen molar-refractivity contribution in [2.45, 2.75) is 6.54 Å². The molecule has 1 heterocycles. The molecule has 16 heavy (non-hydrogen) atoms. The Labute approximate surface area is 99.7 Å². The molecule has 1 aromatic carbocycles. The summed E-state index contributed by atoms with van der Waals surface area (Å²) in [4.78, 5) is 3.24. The van der Waals surface area contributed by atoms with Crippen molar-refractivity contribution in [2.24, 2.45) is 0 Å². The van der Waals surface area contributed by atoms with Crippen molar-refractivity contribution >= 4 is 17.2 Å². The molecule has 3 heteroatoms. The molecule has 0 aliphatic heterocycles. The first-order valence-electron chi connectivity index (χ1n) is 5.15. The van der Waals surface area contributed by atoms with Gasteiger partial charge in [0.05, 0.1) is 6.54 Å². The first kappa shape index (κ1) is 10.9. The lowest BCUT2D eigenvalue weighted by molar-refractivity contribution is 0.503. The molecule has 82 valence electrons. The van der Waals surface area contributed by atoms with E-state index in [1.807, 2.05) is 48.3 Å². The van der Waals surface area contributed by atoms with Crippen molar-refractivity contribution in [3.63, 3.8) is 0 Å². The first-order valence-corrected chi connectivity index (χ1v) is 6.03. The van der Waals surface area contributed by atoms with Crippen LogP contribution in [0.25, 0.3) is 0 Å². The molecule has 0 bridgehead atoms. The molecule has 0 radical (unpaired) electrons. The number of amidine groups is 1. The summed E-state index contributed by atoms with van der Waals surface area (Å²) in [6, 6.07) is 14.0. The van der Waals surface area contributed by atoms with Gasteiger partial charge in [-0.15, -0.1) is 11.3 Å². The molecule has 0 atom stereocenters. The van der Waals surface area contributed by atoms with Gasteiger partial charge in [-0.2, -0.15) is 0 Å². The minimum absolute atomic E-state index is 0.564. The molecule has 2 nitrogen and oxygen atoms in total. The molecule has 1 N–H and O–H groups in total. The molecule has 0 unspecified atom stereocenters. The van der Waals surface area contributed by atoms with Crippen molar-refractivity contribution in [2.75, 3.05) is 7.05 Å². The lowest BCUT2D eigenvalue weighted by atomic mass is 10.2. The topological polar surface area (TPSA) is 27.1 Å². The van der Waals surface area contributed by atoms with Gasteiger partial charge in [-0.05, 0) is 11.4 Å². The van der Waals surface area contributed by atoms with Crippen LogP contribution >= 0.6 is 11.3 Å². The minimum atomic E-state index is 0.564. The van der Waals surface area contributed by atoms with Crippen LogP contribution in [0.4, 0.5) is 0 Å². The Hall–Kier alpha value is -1.61. The Bertz CT molecular complexity index is 448. The van der Waals surface area contributed by atoms with Crippen LogP contribution in [-0.4, -0.2) is 17.8 Å². The second-order valence-corrected chi connectivity index (χ2v) is 4.68. The van der Waals surface area contributed by atoms with Crippen LogP contribution in [0.15, 0.2) is 47.8 Å². The van der Waals surface area contributed by atoms with Gasteiger partial charge >= 0.3 is 0 Å². The molecular weight excluding hydrogens is 216 g/mol. The largest absolute Gasteiger partial charge is 0.355 e. The molecule has 0 aliphatic carbocycles. The summed E-state index contributed by atoms with van der Waals surface area (Å²) in [5.74, 6) is 0.564. The summed E-state index contributed by atoms with van der Waals surface area (Å²) in [5.41, 5.74) is 0.960. The van der Waals surface area contributed by atoms with Crippen LogP contribution in [0.2, 0.25) is 0 Å². The minimum Gasteiger partial charge on any atom is -0.355 e. The third-order valence-electron chi connectivity index (χ3n) is 2.40. The van der Waals surface area contributed by atoms with E-state index in [4.69, 9.17) is 5.41 Å². The maximum atomic E-state index is 8.07. The quantitative estimate of drug-likeness (QED) is 0.636. The van der Waals surface area contributed by atoms with Gasteiger partial charge < -0.3 is 4.90 Å². The number of benzene rings is 1. The van der Waals surface area contributed by atoms with E-state index in [9.17, 15) is 0 Å². The van der Waals surface area contributed by atoms with Crippen LogP contribution in [0.3, 0.4) is 0 Å². The number of thiophene rings is 1. The Kier molecular flexibility index (Phi) is 3.37. The zero-order chi connectivity index (χ0) is 11.4. The lowest BCUT2D eigenvalue weighted by Crippen LogP contribution is -2.25. The Morgan fingerprint density at radius 2 is 1.94 bits per heavy atom. The Balaban J connectivity index is 2.05. The van der Waals surface area contributed by atoms with Gasteiger partial charge in [0.15, 0.2) is 0 Å². The zero-order valence-corrected chi connectivity index (χ0v) is 10.00. The smallest absolute Gasteiger partial charge is 0.128 e.